The van der Waals surface area contributed by atoms with Gasteiger partial charge in [0.25, 0.3) is 11.8 Å². The SMILES string of the molecule is Nc1ccc2c3c(cccc13)C(=O)N(CCNc1ccccc1)C2=O. The Hall–Kier alpha value is -3.34. The van der Waals surface area contributed by atoms with E-state index in [1.807, 2.05) is 36.4 Å². The molecule has 0 spiro atoms. The van der Waals surface area contributed by atoms with Gasteiger partial charge in [-0.05, 0) is 30.3 Å². The zero-order chi connectivity index (χ0) is 17.4. The number of hydrogen-bond acceptors (Lipinski definition) is 4. The third-order valence-electron chi connectivity index (χ3n) is 4.46. The molecule has 5 nitrogen and oxygen atoms in total. The second-order valence-corrected chi connectivity index (χ2v) is 5.99. The summed E-state index contributed by atoms with van der Waals surface area (Å²) in [6.07, 6.45) is 0. The topological polar surface area (TPSA) is 75.4 Å². The monoisotopic (exact) mass is 331 g/mol. The molecule has 0 atom stereocenters. The summed E-state index contributed by atoms with van der Waals surface area (Å²) in [5.41, 5.74) is 8.57. The Labute approximate surface area is 145 Å². The molecule has 0 saturated heterocycles. The first-order valence-electron chi connectivity index (χ1n) is 8.13. The van der Waals surface area contributed by atoms with Crippen LogP contribution in [0.2, 0.25) is 0 Å². The van der Waals surface area contributed by atoms with Gasteiger partial charge in [-0.25, -0.2) is 0 Å². The van der Waals surface area contributed by atoms with Gasteiger partial charge >= 0.3 is 0 Å². The molecule has 0 aromatic heterocycles. The van der Waals surface area contributed by atoms with E-state index in [1.54, 1.807) is 24.3 Å². The fraction of sp³-hybridized carbons (Fsp3) is 0.100. The first-order chi connectivity index (χ1) is 12.2. The number of nitrogen functional groups attached to an aromatic ring is 1. The molecule has 0 unspecified atom stereocenters. The molecule has 5 heteroatoms. The van der Waals surface area contributed by atoms with Crippen molar-refractivity contribution in [3.63, 3.8) is 0 Å². The molecule has 1 aliphatic rings. The first kappa shape index (κ1) is 15.2. The number of carbonyl (C=O) groups is 2. The minimum atomic E-state index is -0.274. The van der Waals surface area contributed by atoms with Crippen LogP contribution < -0.4 is 11.1 Å². The number of rotatable bonds is 4. The summed E-state index contributed by atoms with van der Waals surface area (Å²) in [7, 11) is 0. The van der Waals surface area contributed by atoms with E-state index in [0.29, 0.717) is 35.3 Å². The maximum Gasteiger partial charge on any atom is 0.261 e. The van der Waals surface area contributed by atoms with Crippen LogP contribution >= 0.6 is 0 Å². The van der Waals surface area contributed by atoms with Crippen molar-refractivity contribution in [1.82, 2.24) is 4.90 Å². The fourth-order valence-electron chi connectivity index (χ4n) is 3.24. The van der Waals surface area contributed by atoms with E-state index in [4.69, 9.17) is 5.73 Å². The highest BCUT2D eigenvalue weighted by Crippen LogP contribution is 2.33. The number of amides is 2. The molecule has 2 amide bonds. The van der Waals surface area contributed by atoms with Gasteiger partial charge < -0.3 is 11.1 Å². The van der Waals surface area contributed by atoms with Gasteiger partial charge in [-0.2, -0.15) is 0 Å². The van der Waals surface area contributed by atoms with Crippen LogP contribution in [0.3, 0.4) is 0 Å². The van der Waals surface area contributed by atoms with E-state index in [2.05, 4.69) is 5.32 Å². The number of carbonyl (C=O) groups excluding carboxylic acids is 2. The Bertz CT molecular complexity index is 961. The highest BCUT2D eigenvalue weighted by Gasteiger charge is 2.32. The van der Waals surface area contributed by atoms with E-state index in [0.717, 1.165) is 11.1 Å². The predicted molar refractivity (Wildman–Crippen MR) is 98.7 cm³/mol. The molecule has 4 rings (SSSR count). The minimum absolute atomic E-state index is 0.274. The first-order valence-corrected chi connectivity index (χ1v) is 8.13. The van der Waals surface area contributed by atoms with Crippen molar-refractivity contribution in [1.29, 1.82) is 0 Å². The molecule has 1 aliphatic heterocycles. The highest BCUT2D eigenvalue weighted by atomic mass is 16.2. The van der Waals surface area contributed by atoms with Crippen LogP contribution in [0.5, 0.6) is 0 Å². The van der Waals surface area contributed by atoms with Crippen molar-refractivity contribution in [3.8, 4) is 0 Å². The Morgan fingerprint density at radius 2 is 1.56 bits per heavy atom. The van der Waals surface area contributed by atoms with E-state index >= 15 is 0 Å². The Morgan fingerprint density at radius 1 is 0.840 bits per heavy atom. The molecule has 3 aromatic rings. The van der Waals surface area contributed by atoms with Crippen molar-refractivity contribution < 1.29 is 9.59 Å². The van der Waals surface area contributed by atoms with Crippen LogP contribution in [0.4, 0.5) is 11.4 Å². The zero-order valence-electron chi connectivity index (χ0n) is 13.5. The molecule has 0 aliphatic carbocycles. The minimum Gasteiger partial charge on any atom is -0.398 e. The van der Waals surface area contributed by atoms with E-state index in [1.165, 1.54) is 4.90 Å². The van der Waals surface area contributed by atoms with Gasteiger partial charge in [0.1, 0.15) is 0 Å². The summed E-state index contributed by atoms with van der Waals surface area (Å²) in [5, 5.41) is 4.63. The lowest BCUT2D eigenvalue weighted by atomic mass is 9.93. The van der Waals surface area contributed by atoms with Crippen molar-refractivity contribution >= 4 is 34.0 Å². The Balaban J connectivity index is 1.63. The second-order valence-electron chi connectivity index (χ2n) is 5.99. The van der Waals surface area contributed by atoms with Gasteiger partial charge in [-0.3, -0.25) is 14.5 Å². The number of para-hydroxylation sites is 1. The number of hydrogen-bond donors (Lipinski definition) is 2. The molecular formula is C20H17N3O2. The van der Waals surface area contributed by atoms with Crippen LogP contribution in [0.25, 0.3) is 10.8 Å². The van der Waals surface area contributed by atoms with Gasteiger partial charge in [0.2, 0.25) is 0 Å². The summed E-state index contributed by atoms with van der Waals surface area (Å²) in [6, 6.07) is 18.5. The largest absolute Gasteiger partial charge is 0.398 e. The predicted octanol–water partition coefficient (Wildman–Crippen LogP) is 3.13. The third-order valence-corrected chi connectivity index (χ3v) is 4.46. The molecule has 1 heterocycles. The fourth-order valence-corrected chi connectivity index (χ4v) is 3.24. The number of nitrogens with zero attached hydrogens (tertiary/aromatic N) is 1. The summed E-state index contributed by atoms with van der Waals surface area (Å²) in [5.74, 6) is -0.549. The van der Waals surface area contributed by atoms with Gasteiger partial charge in [-0.15, -0.1) is 0 Å². The summed E-state index contributed by atoms with van der Waals surface area (Å²) in [4.78, 5) is 26.9. The van der Waals surface area contributed by atoms with Gasteiger partial charge in [0, 0.05) is 46.4 Å². The summed E-state index contributed by atoms with van der Waals surface area (Å²) in [6.45, 7) is 0.786. The number of imide groups is 1. The molecule has 124 valence electrons. The second kappa shape index (κ2) is 5.94. The molecule has 3 N–H and O–H groups in total. The normalized spacial score (nSPS) is 13.4. The van der Waals surface area contributed by atoms with Crippen LogP contribution in [-0.4, -0.2) is 29.8 Å². The maximum absolute atomic E-state index is 12.8. The molecule has 0 bridgehead atoms. The molecule has 0 radical (unpaired) electrons. The van der Waals surface area contributed by atoms with Gasteiger partial charge in [0.05, 0.1) is 0 Å². The smallest absolute Gasteiger partial charge is 0.261 e. The lowest BCUT2D eigenvalue weighted by molar-refractivity contribution is 0.0617. The molecule has 3 aromatic carbocycles. The van der Waals surface area contributed by atoms with Gasteiger partial charge in [0.15, 0.2) is 0 Å². The van der Waals surface area contributed by atoms with Crippen molar-refractivity contribution in [2.24, 2.45) is 0 Å². The average molecular weight is 331 g/mol. The van der Waals surface area contributed by atoms with Crippen LogP contribution in [0.1, 0.15) is 20.7 Å². The number of nitrogens with two attached hydrogens (primary N) is 1. The lowest BCUT2D eigenvalue weighted by Gasteiger charge is -2.27. The summed E-state index contributed by atoms with van der Waals surface area (Å²) >= 11 is 0. The van der Waals surface area contributed by atoms with Crippen LogP contribution in [0.15, 0.2) is 60.7 Å². The van der Waals surface area contributed by atoms with Gasteiger partial charge in [-0.1, -0.05) is 30.3 Å². The quantitative estimate of drug-likeness (QED) is 0.569. The van der Waals surface area contributed by atoms with E-state index in [9.17, 15) is 9.59 Å². The molecule has 25 heavy (non-hydrogen) atoms. The van der Waals surface area contributed by atoms with E-state index < -0.39 is 0 Å². The van der Waals surface area contributed by atoms with Crippen LogP contribution in [-0.2, 0) is 0 Å². The maximum atomic E-state index is 12.8. The molecule has 0 fully saturated rings. The van der Waals surface area contributed by atoms with Crippen LogP contribution in [0, 0.1) is 0 Å². The average Bonchev–Trinajstić information content (AvgIpc) is 2.64. The van der Waals surface area contributed by atoms with E-state index in [-0.39, 0.29) is 11.8 Å². The summed E-state index contributed by atoms with van der Waals surface area (Å²) < 4.78 is 0. The molecular weight excluding hydrogens is 314 g/mol. The van der Waals surface area contributed by atoms with Crippen molar-refractivity contribution in [2.75, 3.05) is 24.1 Å². The highest BCUT2D eigenvalue weighted by molar-refractivity contribution is 6.26. The number of benzene rings is 3. The third kappa shape index (κ3) is 2.50. The zero-order valence-corrected chi connectivity index (χ0v) is 13.5. The van der Waals surface area contributed by atoms with Crippen molar-refractivity contribution in [3.05, 3.63) is 71.8 Å². The number of nitrogens with one attached hydrogen (secondary N) is 1. The Kier molecular flexibility index (Phi) is 3.61. The lowest BCUT2D eigenvalue weighted by Crippen LogP contribution is -2.42. The Morgan fingerprint density at radius 3 is 2.32 bits per heavy atom. The molecule has 0 saturated carbocycles. The standard InChI is InChI=1S/C20H17N3O2/c21-17-10-9-16-18-14(17)7-4-8-15(18)19(24)23(20(16)25)12-11-22-13-5-2-1-3-6-13/h1-10,22H,11-12,21H2. The number of anilines is 2. The van der Waals surface area contributed by atoms with Crippen molar-refractivity contribution in [2.45, 2.75) is 0 Å².